The standard InChI is InChI=1S/C24H33N3O3S/c1-18-5-9-23(10-6-18)27(31(4,29)30)17-24(28)25-20(3)21-7-11-22(12-8-21)26-15-13-19(2)14-16-26/h5-12,19-20H,13-17H2,1-4H3,(H,25,28)/t20-/m0/s1. The van der Waals surface area contributed by atoms with E-state index in [4.69, 9.17) is 0 Å². The fourth-order valence-corrected chi connectivity index (χ4v) is 4.71. The number of carbonyl (C=O) groups is 1. The lowest BCUT2D eigenvalue weighted by Crippen LogP contribution is -2.41. The van der Waals surface area contributed by atoms with Crippen LogP contribution in [0.3, 0.4) is 0 Å². The second-order valence-corrected chi connectivity index (χ2v) is 10.6. The Balaban J connectivity index is 1.63. The smallest absolute Gasteiger partial charge is 0.241 e. The van der Waals surface area contributed by atoms with Gasteiger partial charge >= 0.3 is 0 Å². The number of nitrogens with zero attached hydrogens (tertiary/aromatic N) is 2. The minimum atomic E-state index is -3.58. The summed E-state index contributed by atoms with van der Waals surface area (Å²) in [7, 11) is -3.58. The van der Waals surface area contributed by atoms with Crippen LogP contribution in [0, 0.1) is 12.8 Å². The first kappa shape index (κ1) is 23.1. The van der Waals surface area contributed by atoms with Crippen molar-refractivity contribution in [1.29, 1.82) is 0 Å². The highest BCUT2D eigenvalue weighted by atomic mass is 32.2. The van der Waals surface area contributed by atoms with Crippen molar-refractivity contribution in [2.45, 2.75) is 39.7 Å². The lowest BCUT2D eigenvalue weighted by Gasteiger charge is -2.32. The Bertz CT molecular complexity index is 980. The SMILES string of the molecule is Cc1ccc(N(CC(=O)N[C@@H](C)c2ccc(N3CCC(C)CC3)cc2)S(C)(=O)=O)cc1. The Kier molecular flexibility index (Phi) is 7.26. The van der Waals surface area contributed by atoms with Crippen molar-refractivity contribution in [3.05, 3.63) is 59.7 Å². The Morgan fingerprint density at radius 3 is 2.23 bits per heavy atom. The summed E-state index contributed by atoms with van der Waals surface area (Å²) in [5, 5.41) is 2.93. The van der Waals surface area contributed by atoms with Gasteiger partial charge in [0.05, 0.1) is 18.0 Å². The average molecular weight is 444 g/mol. The van der Waals surface area contributed by atoms with Gasteiger partial charge in [0.25, 0.3) is 0 Å². The maximum Gasteiger partial charge on any atom is 0.241 e. The van der Waals surface area contributed by atoms with Gasteiger partial charge in [-0.25, -0.2) is 8.42 Å². The van der Waals surface area contributed by atoms with Crippen LogP contribution < -0.4 is 14.5 Å². The molecule has 1 fully saturated rings. The zero-order valence-corrected chi connectivity index (χ0v) is 19.7. The van der Waals surface area contributed by atoms with E-state index in [9.17, 15) is 13.2 Å². The maximum atomic E-state index is 12.6. The van der Waals surface area contributed by atoms with Crippen molar-refractivity contribution in [1.82, 2.24) is 5.32 Å². The van der Waals surface area contributed by atoms with Gasteiger partial charge in [-0.3, -0.25) is 9.10 Å². The highest BCUT2D eigenvalue weighted by molar-refractivity contribution is 7.92. The molecule has 0 bridgehead atoms. The minimum Gasteiger partial charge on any atom is -0.372 e. The van der Waals surface area contributed by atoms with Crippen LogP contribution in [0.4, 0.5) is 11.4 Å². The molecule has 31 heavy (non-hydrogen) atoms. The van der Waals surface area contributed by atoms with E-state index in [0.29, 0.717) is 5.69 Å². The number of rotatable bonds is 7. The van der Waals surface area contributed by atoms with Gasteiger partial charge in [-0.2, -0.15) is 0 Å². The molecule has 3 rings (SSSR count). The van der Waals surface area contributed by atoms with Crippen molar-refractivity contribution < 1.29 is 13.2 Å². The molecule has 2 aromatic rings. The summed E-state index contributed by atoms with van der Waals surface area (Å²) in [5.41, 5.74) is 3.70. The number of sulfonamides is 1. The molecule has 1 atom stereocenters. The molecule has 2 aromatic carbocycles. The number of amides is 1. The summed E-state index contributed by atoms with van der Waals surface area (Å²) in [6.45, 7) is 8.04. The highest BCUT2D eigenvalue weighted by Crippen LogP contribution is 2.25. The van der Waals surface area contributed by atoms with Crippen molar-refractivity contribution in [3.8, 4) is 0 Å². The van der Waals surface area contributed by atoms with Crippen molar-refractivity contribution in [3.63, 3.8) is 0 Å². The minimum absolute atomic E-state index is 0.220. The van der Waals surface area contributed by atoms with Crippen LogP contribution in [0.15, 0.2) is 48.5 Å². The topological polar surface area (TPSA) is 69.7 Å². The number of anilines is 2. The van der Waals surface area contributed by atoms with E-state index in [2.05, 4.69) is 29.3 Å². The molecule has 0 spiro atoms. The summed E-state index contributed by atoms with van der Waals surface area (Å²) in [6, 6.07) is 15.1. The van der Waals surface area contributed by atoms with Gasteiger partial charge in [0.15, 0.2) is 0 Å². The molecule has 1 aliphatic heterocycles. The molecule has 0 radical (unpaired) electrons. The molecule has 1 aliphatic rings. The second-order valence-electron chi connectivity index (χ2n) is 8.66. The van der Waals surface area contributed by atoms with Crippen LogP contribution in [0.2, 0.25) is 0 Å². The van der Waals surface area contributed by atoms with E-state index in [1.54, 1.807) is 12.1 Å². The number of piperidine rings is 1. The van der Waals surface area contributed by atoms with Crippen LogP contribution in [0.25, 0.3) is 0 Å². The lowest BCUT2D eigenvalue weighted by molar-refractivity contribution is -0.120. The van der Waals surface area contributed by atoms with Crippen LogP contribution in [-0.2, 0) is 14.8 Å². The molecule has 1 heterocycles. The molecule has 1 saturated heterocycles. The number of nitrogens with one attached hydrogen (secondary N) is 1. The monoisotopic (exact) mass is 443 g/mol. The van der Waals surface area contributed by atoms with Crippen molar-refractivity contribution in [2.24, 2.45) is 5.92 Å². The Labute approximate surface area is 186 Å². The Hall–Kier alpha value is -2.54. The molecular weight excluding hydrogens is 410 g/mol. The zero-order chi connectivity index (χ0) is 22.6. The number of hydrogen-bond donors (Lipinski definition) is 1. The van der Waals surface area contributed by atoms with Gasteiger partial charge < -0.3 is 10.2 Å². The maximum absolute atomic E-state index is 12.6. The van der Waals surface area contributed by atoms with Crippen LogP contribution in [0.1, 0.15) is 43.9 Å². The highest BCUT2D eigenvalue weighted by Gasteiger charge is 2.22. The number of hydrogen-bond acceptors (Lipinski definition) is 4. The molecule has 0 aromatic heterocycles. The van der Waals surface area contributed by atoms with E-state index in [1.165, 1.54) is 18.5 Å². The van der Waals surface area contributed by atoms with E-state index in [0.717, 1.165) is 40.7 Å². The van der Waals surface area contributed by atoms with Crippen LogP contribution >= 0.6 is 0 Å². The summed E-state index contributed by atoms with van der Waals surface area (Å²) in [6.07, 6.45) is 3.54. The quantitative estimate of drug-likeness (QED) is 0.705. The van der Waals surface area contributed by atoms with E-state index in [1.807, 2.05) is 38.1 Å². The van der Waals surface area contributed by atoms with E-state index < -0.39 is 10.0 Å². The third-order valence-electron chi connectivity index (χ3n) is 5.93. The van der Waals surface area contributed by atoms with Crippen LogP contribution in [-0.4, -0.2) is 40.2 Å². The number of benzene rings is 2. The first-order valence-electron chi connectivity index (χ1n) is 10.8. The average Bonchev–Trinajstić information content (AvgIpc) is 2.73. The lowest BCUT2D eigenvalue weighted by atomic mass is 9.98. The summed E-state index contributed by atoms with van der Waals surface area (Å²) >= 11 is 0. The molecule has 1 amide bonds. The summed E-state index contributed by atoms with van der Waals surface area (Å²) < 4.78 is 25.6. The predicted molar refractivity (Wildman–Crippen MR) is 127 cm³/mol. The molecular formula is C24H33N3O3S. The molecule has 6 nitrogen and oxygen atoms in total. The van der Waals surface area contributed by atoms with E-state index in [-0.39, 0.29) is 18.5 Å². The first-order chi connectivity index (χ1) is 14.6. The molecule has 7 heteroatoms. The van der Waals surface area contributed by atoms with Crippen LogP contribution in [0.5, 0.6) is 0 Å². The molecule has 0 aliphatic carbocycles. The number of aryl methyl sites for hydroxylation is 1. The summed E-state index contributed by atoms with van der Waals surface area (Å²) in [5.74, 6) is 0.449. The Morgan fingerprint density at radius 2 is 1.68 bits per heavy atom. The molecule has 0 saturated carbocycles. The van der Waals surface area contributed by atoms with Crippen molar-refractivity contribution in [2.75, 3.05) is 35.1 Å². The van der Waals surface area contributed by atoms with Gasteiger partial charge in [-0.1, -0.05) is 36.8 Å². The molecule has 168 valence electrons. The largest absolute Gasteiger partial charge is 0.372 e. The van der Waals surface area contributed by atoms with Gasteiger partial charge in [-0.05, 0) is 62.4 Å². The molecule has 0 unspecified atom stereocenters. The second kappa shape index (κ2) is 9.73. The fourth-order valence-electron chi connectivity index (χ4n) is 3.85. The number of carbonyl (C=O) groups excluding carboxylic acids is 1. The van der Waals surface area contributed by atoms with Crippen molar-refractivity contribution >= 4 is 27.3 Å². The molecule has 1 N–H and O–H groups in total. The zero-order valence-electron chi connectivity index (χ0n) is 18.8. The summed E-state index contributed by atoms with van der Waals surface area (Å²) in [4.78, 5) is 15.0. The van der Waals surface area contributed by atoms with Gasteiger partial charge in [-0.15, -0.1) is 0 Å². The predicted octanol–water partition coefficient (Wildman–Crippen LogP) is 3.87. The van der Waals surface area contributed by atoms with Gasteiger partial charge in [0.2, 0.25) is 15.9 Å². The fraction of sp³-hybridized carbons (Fsp3) is 0.458. The Morgan fingerprint density at radius 1 is 1.10 bits per heavy atom. The van der Waals surface area contributed by atoms with Gasteiger partial charge in [0.1, 0.15) is 6.54 Å². The normalized spacial score (nSPS) is 16.1. The first-order valence-corrected chi connectivity index (χ1v) is 12.7. The van der Waals surface area contributed by atoms with Gasteiger partial charge in [0, 0.05) is 18.8 Å². The third-order valence-corrected chi connectivity index (χ3v) is 7.07. The van der Waals surface area contributed by atoms with E-state index >= 15 is 0 Å². The third kappa shape index (κ3) is 6.23.